The minimum Gasteiger partial charge on any atom is -0.347 e. The summed E-state index contributed by atoms with van der Waals surface area (Å²) >= 11 is 0. The molecule has 0 radical (unpaired) electrons. The van der Waals surface area contributed by atoms with E-state index in [1.807, 2.05) is 12.2 Å². The van der Waals surface area contributed by atoms with Gasteiger partial charge in [0, 0.05) is 24.0 Å². The van der Waals surface area contributed by atoms with E-state index in [9.17, 15) is 0 Å². The van der Waals surface area contributed by atoms with E-state index in [-0.39, 0.29) is 0 Å². The third-order valence-corrected chi connectivity index (χ3v) is 4.45. The lowest BCUT2D eigenvalue weighted by Gasteiger charge is -2.35. The summed E-state index contributed by atoms with van der Waals surface area (Å²) in [4.78, 5) is 2.34. The van der Waals surface area contributed by atoms with Crippen LogP contribution in [0.2, 0.25) is 0 Å². The lowest BCUT2D eigenvalue weighted by atomic mass is 9.89. The van der Waals surface area contributed by atoms with Crippen LogP contribution in [-0.4, -0.2) is 11.9 Å². The van der Waals surface area contributed by atoms with Crippen LogP contribution in [0.15, 0.2) is 64.7 Å². The van der Waals surface area contributed by atoms with Crippen molar-refractivity contribution in [1.29, 1.82) is 0 Å². The van der Waals surface area contributed by atoms with Crippen molar-refractivity contribution < 1.29 is 0 Å². The Labute approximate surface area is 129 Å². The zero-order chi connectivity index (χ0) is 15.2. The Morgan fingerprint density at radius 3 is 2.57 bits per heavy atom. The number of fused-ring (bicyclic) bond motifs is 1. The van der Waals surface area contributed by atoms with Gasteiger partial charge in [0.15, 0.2) is 0 Å². The number of hydrogen-bond donors (Lipinski definition) is 0. The lowest BCUT2D eigenvalue weighted by molar-refractivity contribution is 0.473. The maximum Gasteiger partial charge on any atom is 0.0491 e. The molecule has 0 saturated heterocycles. The van der Waals surface area contributed by atoms with E-state index in [1.54, 1.807) is 0 Å². The van der Waals surface area contributed by atoms with Crippen LogP contribution in [0.5, 0.6) is 0 Å². The highest BCUT2D eigenvalue weighted by Gasteiger charge is 2.25. The quantitative estimate of drug-likeness (QED) is 0.448. The Balaban J connectivity index is 2.14. The molecule has 1 nitrogen and oxygen atoms in total. The van der Waals surface area contributed by atoms with Gasteiger partial charge >= 0.3 is 0 Å². The lowest BCUT2D eigenvalue weighted by Crippen LogP contribution is -2.25. The van der Waals surface area contributed by atoms with Gasteiger partial charge in [0.2, 0.25) is 0 Å². The highest BCUT2D eigenvalue weighted by molar-refractivity contribution is 5.61. The molecule has 2 aliphatic rings. The number of likely N-dealkylation sites (N-methyl/N-ethyl adjacent to an activating group) is 1. The van der Waals surface area contributed by atoms with Crippen LogP contribution >= 0.6 is 0 Å². The number of rotatable bonds is 6. The number of unbranched alkanes of at least 4 members (excludes halogenated alkanes) is 4. The average Bonchev–Trinajstić information content (AvgIpc) is 2.74. The fourth-order valence-electron chi connectivity index (χ4n) is 3.06. The predicted molar refractivity (Wildman–Crippen MR) is 91.8 cm³/mol. The van der Waals surface area contributed by atoms with Crippen LogP contribution in [0.1, 0.15) is 52.4 Å². The monoisotopic (exact) mass is 281 g/mol. The molecule has 0 aromatic rings. The van der Waals surface area contributed by atoms with E-state index >= 15 is 0 Å². The molecule has 2 rings (SSSR count). The van der Waals surface area contributed by atoms with E-state index in [4.69, 9.17) is 0 Å². The topological polar surface area (TPSA) is 3.24 Å². The molecule has 112 valence electrons. The Bertz CT molecular complexity index is 563. The highest BCUT2D eigenvalue weighted by Crippen LogP contribution is 2.38. The molecule has 1 heteroatoms. The maximum absolute atomic E-state index is 4.31. The first-order chi connectivity index (χ1) is 10.2. The van der Waals surface area contributed by atoms with Crippen LogP contribution < -0.4 is 0 Å². The summed E-state index contributed by atoms with van der Waals surface area (Å²) in [7, 11) is 2.18. The summed E-state index contributed by atoms with van der Waals surface area (Å²) in [6.07, 6.45) is 16.0. The van der Waals surface area contributed by atoms with Crippen molar-refractivity contribution in [2.24, 2.45) is 0 Å². The van der Waals surface area contributed by atoms with Crippen LogP contribution in [0.25, 0.3) is 0 Å². The Morgan fingerprint density at radius 2 is 1.81 bits per heavy atom. The third-order valence-electron chi connectivity index (χ3n) is 4.45. The van der Waals surface area contributed by atoms with Gasteiger partial charge in [0.1, 0.15) is 0 Å². The van der Waals surface area contributed by atoms with Gasteiger partial charge in [-0.3, -0.25) is 0 Å². The number of allylic oxidation sites excluding steroid dienone is 6. The smallest absolute Gasteiger partial charge is 0.0491 e. The first-order valence-corrected chi connectivity index (χ1v) is 8.13. The molecular weight excluding hydrogens is 254 g/mol. The second-order valence-electron chi connectivity index (χ2n) is 5.91. The van der Waals surface area contributed by atoms with Gasteiger partial charge in [-0.2, -0.15) is 0 Å². The fourth-order valence-corrected chi connectivity index (χ4v) is 3.06. The standard InChI is InChI=1S/C20H27N/c1-5-6-7-8-11-14-19-17(3)16(2)18-13-10-9-12-15-20(18)21(19)4/h10,12-13,15H,2,5-8,11,14H2,1,3-4H3. The average molecular weight is 281 g/mol. The molecule has 0 bridgehead atoms. The van der Waals surface area contributed by atoms with E-state index < -0.39 is 0 Å². The van der Waals surface area contributed by atoms with Crippen molar-refractivity contribution in [2.45, 2.75) is 52.4 Å². The summed E-state index contributed by atoms with van der Waals surface area (Å²) in [5.41, 5.74) is 9.55. The molecule has 0 N–H and O–H groups in total. The molecule has 0 fully saturated rings. The molecule has 0 spiro atoms. The largest absolute Gasteiger partial charge is 0.347 e. The van der Waals surface area contributed by atoms with Gasteiger partial charge in [0.05, 0.1) is 0 Å². The molecule has 0 aromatic carbocycles. The molecule has 1 aliphatic carbocycles. The van der Waals surface area contributed by atoms with E-state index in [0.29, 0.717) is 0 Å². The van der Waals surface area contributed by atoms with Gasteiger partial charge in [-0.05, 0) is 55.2 Å². The molecule has 0 aromatic heterocycles. The van der Waals surface area contributed by atoms with Gasteiger partial charge in [-0.25, -0.2) is 0 Å². The second-order valence-corrected chi connectivity index (χ2v) is 5.91. The number of nitrogens with zero attached hydrogens (tertiary/aromatic N) is 1. The molecule has 1 heterocycles. The third kappa shape index (κ3) is 3.49. The van der Waals surface area contributed by atoms with Gasteiger partial charge in [-0.15, -0.1) is 5.73 Å². The first kappa shape index (κ1) is 15.7. The molecule has 0 amide bonds. The van der Waals surface area contributed by atoms with Gasteiger partial charge in [-0.1, -0.05) is 39.2 Å². The zero-order valence-corrected chi connectivity index (χ0v) is 13.7. The van der Waals surface area contributed by atoms with Crippen molar-refractivity contribution in [2.75, 3.05) is 7.05 Å². The Hall–Kier alpha value is -1.72. The fraction of sp³-hybridized carbons (Fsp3) is 0.450. The first-order valence-electron chi connectivity index (χ1n) is 8.13. The van der Waals surface area contributed by atoms with E-state index in [0.717, 1.165) is 12.0 Å². The summed E-state index contributed by atoms with van der Waals surface area (Å²) in [6, 6.07) is 0. The normalized spacial score (nSPS) is 17.7. The molecule has 0 atom stereocenters. The van der Waals surface area contributed by atoms with Crippen molar-refractivity contribution in [3.63, 3.8) is 0 Å². The molecule has 0 saturated carbocycles. The minimum absolute atomic E-state index is 1.15. The summed E-state index contributed by atoms with van der Waals surface area (Å²) in [5, 5.41) is 0. The SMILES string of the molecule is C=C1C2=CC=C=CC=C2N(C)C(CCCCCCC)=C1C. The summed E-state index contributed by atoms with van der Waals surface area (Å²) < 4.78 is 0. The van der Waals surface area contributed by atoms with Crippen molar-refractivity contribution in [3.05, 3.63) is 64.7 Å². The van der Waals surface area contributed by atoms with Gasteiger partial charge < -0.3 is 4.90 Å². The van der Waals surface area contributed by atoms with Crippen molar-refractivity contribution in [1.82, 2.24) is 4.90 Å². The summed E-state index contributed by atoms with van der Waals surface area (Å²) in [6.45, 7) is 8.78. The van der Waals surface area contributed by atoms with Crippen LogP contribution in [0.3, 0.4) is 0 Å². The summed E-state index contributed by atoms with van der Waals surface area (Å²) in [5.74, 6) is 0. The van der Waals surface area contributed by atoms with Crippen LogP contribution in [0.4, 0.5) is 0 Å². The molecular formula is C20H27N. The predicted octanol–water partition coefficient (Wildman–Crippen LogP) is 5.66. The van der Waals surface area contributed by atoms with Gasteiger partial charge in [0.25, 0.3) is 0 Å². The van der Waals surface area contributed by atoms with Crippen LogP contribution in [0, 0.1) is 0 Å². The van der Waals surface area contributed by atoms with E-state index in [1.165, 1.54) is 54.6 Å². The molecule has 1 aliphatic heterocycles. The number of hydrogen-bond acceptors (Lipinski definition) is 1. The van der Waals surface area contributed by atoms with Crippen molar-refractivity contribution in [3.8, 4) is 0 Å². The van der Waals surface area contributed by atoms with E-state index in [2.05, 4.69) is 50.3 Å². The molecule has 21 heavy (non-hydrogen) atoms. The minimum atomic E-state index is 1.15. The maximum atomic E-state index is 4.31. The molecule has 0 unspecified atom stereocenters. The van der Waals surface area contributed by atoms with Crippen LogP contribution in [-0.2, 0) is 0 Å². The second kappa shape index (κ2) is 7.33. The highest BCUT2D eigenvalue weighted by atomic mass is 15.1. The van der Waals surface area contributed by atoms with Crippen molar-refractivity contribution >= 4 is 0 Å². The Morgan fingerprint density at radius 1 is 1.10 bits per heavy atom. The Kier molecular flexibility index (Phi) is 5.47. The zero-order valence-electron chi connectivity index (χ0n) is 13.7.